The van der Waals surface area contributed by atoms with Gasteiger partial charge in [0.05, 0.1) is 18.1 Å². The number of amides is 1. The van der Waals surface area contributed by atoms with E-state index in [-0.39, 0.29) is 17.9 Å². The summed E-state index contributed by atoms with van der Waals surface area (Å²) >= 11 is 1.98. The van der Waals surface area contributed by atoms with Crippen molar-refractivity contribution in [2.24, 2.45) is 17.8 Å². The van der Waals surface area contributed by atoms with Gasteiger partial charge in [-0.1, -0.05) is 6.92 Å². The summed E-state index contributed by atoms with van der Waals surface area (Å²) in [4.78, 5) is 18.0. The number of aliphatic hydroxyl groups excluding tert-OH is 1. The molecule has 4 aliphatic heterocycles. The van der Waals surface area contributed by atoms with Crippen molar-refractivity contribution in [3.05, 3.63) is 11.1 Å². The third kappa shape index (κ3) is 3.38. The summed E-state index contributed by atoms with van der Waals surface area (Å²) < 4.78 is 0. The van der Waals surface area contributed by atoms with Gasteiger partial charge < -0.3 is 20.2 Å². The molecule has 1 amide bonds. The number of carbonyl (C=O) groups excluding carboxylic acids is 1. The summed E-state index contributed by atoms with van der Waals surface area (Å²) in [6, 6.07) is 0.183. The van der Waals surface area contributed by atoms with Crippen LogP contribution in [0.2, 0.25) is 0 Å². The molecule has 0 aliphatic carbocycles. The zero-order valence-corrected chi connectivity index (χ0v) is 16.2. The van der Waals surface area contributed by atoms with Gasteiger partial charge in [0.2, 0.25) is 5.91 Å². The first kappa shape index (κ1) is 17.8. The van der Waals surface area contributed by atoms with Crippen molar-refractivity contribution in [3.8, 4) is 0 Å². The Morgan fingerprint density at radius 3 is 2.84 bits per heavy atom. The highest BCUT2D eigenvalue weighted by atomic mass is 32.2. The summed E-state index contributed by atoms with van der Waals surface area (Å²) in [5.74, 6) is 1.12. The lowest BCUT2D eigenvalue weighted by Crippen LogP contribution is -2.61. The van der Waals surface area contributed by atoms with Gasteiger partial charge in [-0.2, -0.15) is 0 Å². The Morgan fingerprint density at radius 2 is 2.12 bits per heavy atom. The van der Waals surface area contributed by atoms with Gasteiger partial charge in [0.25, 0.3) is 0 Å². The summed E-state index contributed by atoms with van der Waals surface area (Å²) in [7, 11) is 0. The van der Waals surface area contributed by atoms with Crippen molar-refractivity contribution in [1.29, 1.82) is 0 Å². The Kier molecular flexibility index (Phi) is 5.15. The second-order valence-corrected chi connectivity index (χ2v) is 9.68. The molecule has 0 aromatic rings. The molecule has 5 nitrogen and oxygen atoms in total. The average Bonchev–Trinajstić information content (AvgIpc) is 3.13. The van der Waals surface area contributed by atoms with E-state index in [1.165, 1.54) is 56.9 Å². The van der Waals surface area contributed by atoms with Gasteiger partial charge in [-0.05, 0) is 51.7 Å². The van der Waals surface area contributed by atoms with E-state index >= 15 is 0 Å². The van der Waals surface area contributed by atoms with Gasteiger partial charge in [-0.15, -0.1) is 11.8 Å². The van der Waals surface area contributed by atoms with Crippen LogP contribution in [0.25, 0.3) is 0 Å². The predicted molar refractivity (Wildman–Crippen MR) is 101 cm³/mol. The SMILES string of the molecule is C[C@@H](O)[C@H]1C(=O)N2C=C(S[C@@H]3CCN(CC4CCNCC4)C3)[C@H](C)[C@H]12. The standard InChI is InChI=1S/C19H31N3O2S/c1-12-16(11-22-18(12)17(13(2)23)19(22)24)25-15-5-8-21(10-15)9-14-3-6-20-7-4-14/h11-15,17-18,20,23H,3-10H2,1-2H3/t12-,13+,15+,17+,18+/m0/s1. The monoisotopic (exact) mass is 365 g/mol. The van der Waals surface area contributed by atoms with Gasteiger partial charge >= 0.3 is 0 Å². The second-order valence-electron chi connectivity index (χ2n) is 8.30. The fraction of sp³-hybridized carbons (Fsp3) is 0.842. The maximum atomic E-state index is 12.2. The third-order valence-corrected chi connectivity index (χ3v) is 7.95. The lowest BCUT2D eigenvalue weighted by Gasteiger charge is -2.45. The summed E-state index contributed by atoms with van der Waals surface area (Å²) in [6.45, 7) is 9.96. The minimum Gasteiger partial charge on any atom is -0.393 e. The molecular formula is C19H31N3O2S. The van der Waals surface area contributed by atoms with E-state index in [4.69, 9.17) is 0 Å². The molecule has 0 spiro atoms. The minimum absolute atomic E-state index is 0.0985. The molecule has 3 saturated heterocycles. The predicted octanol–water partition coefficient (Wildman–Crippen LogP) is 1.49. The lowest BCUT2D eigenvalue weighted by molar-refractivity contribution is -0.158. The Hall–Kier alpha value is -0.560. The first-order valence-corrected chi connectivity index (χ1v) is 10.7. The number of piperidine rings is 1. The number of carbonyl (C=O) groups is 1. The smallest absolute Gasteiger partial charge is 0.234 e. The fourth-order valence-corrected chi connectivity index (χ4v) is 6.41. The molecule has 4 rings (SSSR count). The van der Waals surface area contributed by atoms with E-state index < -0.39 is 6.10 Å². The number of nitrogens with zero attached hydrogens (tertiary/aromatic N) is 2. The van der Waals surface area contributed by atoms with Crippen molar-refractivity contribution in [1.82, 2.24) is 15.1 Å². The number of nitrogens with one attached hydrogen (secondary N) is 1. The molecule has 140 valence electrons. The van der Waals surface area contributed by atoms with E-state index in [0.717, 1.165) is 5.92 Å². The zero-order chi connectivity index (χ0) is 17.6. The van der Waals surface area contributed by atoms with Gasteiger partial charge in [-0.3, -0.25) is 4.79 Å². The molecule has 25 heavy (non-hydrogen) atoms. The fourth-order valence-electron chi connectivity index (χ4n) is 4.99. The number of fused-ring (bicyclic) bond motifs is 1. The van der Waals surface area contributed by atoms with Crippen LogP contribution in [0.4, 0.5) is 0 Å². The van der Waals surface area contributed by atoms with E-state index in [2.05, 4.69) is 23.3 Å². The zero-order valence-electron chi connectivity index (χ0n) is 15.4. The Labute approximate surface area is 155 Å². The summed E-state index contributed by atoms with van der Waals surface area (Å²) in [6.07, 6.45) is 5.40. The number of thioether (sulfide) groups is 1. The summed E-state index contributed by atoms with van der Waals surface area (Å²) in [5.41, 5.74) is 0. The molecular weight excluding hydrogens is 334 g/mol. The number of rotatable bonds is 5. The minimum atomic E-state index is -0.541. The lowest BCUT2D eigenvalue weighted by atomic mass is 9.79. The van der Waals surface area contributed by atoms with E-state index in [9.17, 15) is 9.90 Å². The van der Waals surface area contributed by atoms with Crippen LogP contribution in [0.1, 0.15) is 33.1 Å². The maximum absolute atomic E-state index is 12.2. The quantitative estimate of drug-likeness (QED) is 0.723. The number of likely N-dealkylation sites (tertiary alicyclic amines) is 1. The van der Waals surface area contributed by atoms with Crippen molar-refractivity contribution < 1.29 is 9.90 Å². The van der Waals surface area contributed by atoms with E-state index in [1.54, 1.807) is 6.92 Å². The van der Waals surface area contributed by atoms with Crippen LogP contribution in [-0.4, -0.2) is 70.9 Å². The average molecular weight is 366 g/mol. The molecule has 5 atom stereocenters. The first-order valence-electron chi connectivity index (χ1n) is 9.86. The van der Waals surface area contributed by atoms with Crippen molar-refractivity contribution in [2.75, 3.05) is 32.7 Å². The van der Waals surface area contributed by atoms with Crippen molar-refractivity contribution in [3.63, 3.8) is 0 Å². The highest BCUT2D eigenvalue weighted by Crippen LogP contribution is 2.48. The van der Waals surface area contributed by atoms with Crippen molar-refractivity contribution in [2.45, 2.75) is 50.5 Å². The number of hydrogen-bond acceptors (Lipinski definition) is 5. The maximum Gasteiger partial charge on any atom is 0.234 e. The largest absolute Gasteiger partial charge is 0.393 e. The Morgan fingerprint density at radius 1 is 1.36 bits per heavy atom. The third-order valence-electron chi connectivity index (χ3n) is 6.48. The van der Waals surface area contributed by atoms with Gasteiger partial charge in [0, 0.05) is 35.4 Å². The van der Waals surface area contributed by atoms with Crippen molar-refractivity contribution >= 4 is 17.7 Å². The van der Waals surface area contributed by atoms with E-state index in [1.807, 2.05) is 16.7 Å². The van der Waals surface area contributed by atoms with Crippen LogP contribution in [0.5, 0.6) is 0 Å². The molecule has 3 fully saturated rings. The topological polar surface area (TPSA) is 55.8 Å². The molecule has 0 saturated carbocycles. The van der Waals surface area contributed by atoms with Crippen LogP contribution in [-0.2, 0) is 4.79 Å². The van der Waals surface area contributed by atoms with Gasteiger partial charge in [0.15, 0.2) is 0 Å². The van der Waals surface area contributed by atoms with Crippen LogP contribution < -0.4 is 5.32 Å². The Balaban J connectivity index is 1.29. The molecule has 6 heteroatoms. The van der Waals surface area contributed by atoms with Crippen LogP contribution in [0.15, 0.2) is 11.1 Å². The van der Waals surface area contributed by atoms with E-state index in [0.29, 0.717) is 11.2 Å². The highest BCUT2D eigenvalue weighted by Gasteiger charge is 2.55. The van der Waals surface area contributed by atoms with Crippen LogP contribution in [0.3, 0.4) is 0 Å². The molecule has 4 aliphatic rings. The molecule has 0 radical (unpaired) electrons. The normalized spacial score (nSPS) is 37.8. The Bertz CT molecular complexity index is 547. The van der Waals surface area contributed by atoms with Crippen LogP contribution in [0, 0.1) is 17.8 Å². The van der Waals surface area contributed by atoms with Gasteiger partial charge in [-0.25, -0.2) is 0 Å². The molecule has 0 bridgehead atoms. The molecule has 0 aromatic carbocycles. The first-order chi connectivity index (χ1) is 12.0. The highest BCUT2D eigenvalue weighted by molar-refractivity contribution is 8.03. The second kappa shape index (κ2) is 7.22. The number of aliphatic hydroxyl groups is 1. The van der Waals surface area contributed by atoms with Crippen LogP contribution >= 0.6 is 11.8 Å². The summed E-state index contributed by atoms with van der Waals surface area (Å²) in [5, 5.41) is 14.0. The molecule has 4 heterocycles. The number of hydrogen-bond donors (Lipinski definition) is 2. The molecule has 0 unspecified atom stereocenters. The van der Waals surface area contributed by atoms with Gasteiger partial charge in [0.1, 0.15) is 0 Å². The molecule has 2 N–H and O–H groups in total. The number of β-lactam (4-membered cyclic amide) rings is 1. The molecule has 0 aromatic heterocycles.